The van der Waals surface area contributed by atoms with Gasteiger partial charge in [-0.25, -0.2) is 4.98 Å². The van der Waals surface area contributed by atoms with E-state index < -0.39 is 5.56 Å². The Bertz CT molecular complexity index is 627. The smallest absolute Gasteiger partial charge is 0.302 e. The van der Waals surface area contributed by atoms with Crippen LogP contribution in [-0.2, 0) is 0 Å². The van der Waals surface area contributed by atoms with Gasteiger partial charge in [-0.15, -0.1) is 0 Å². The molecule has 0 saturated carbocycles. The van der Waals surface area contributed by atoms with Gasteiger partial charge in [-0.05, 0) is 19.9 Å². The molecular formula is C10H11N5O2. The molecule has 0 aliphatic carbocycles. The van der Waals surface area contributed by atoms with Gasteiger partial charge in [-0.2, -0.15) is 14.7 Å². The van der Waals surface area contributed by atoms with E-state index in [4.69, 9.17) is 5.73 Å². The van der Waals surface area contributed by atoms with Crippen molar-refractivity contribution in [2.45, 2.75) is 13.8 Å². The first kappa shape index (κ1) is 11.1. The standard InChI is InChI=1S/C10H11N5O2/c1-5(2)3-6-4-15(17)8-7(12-6)9(16)14-10(11)13-8/h3-4,17H,1-2H3,(H2,11,14,16). The number of hydrogen-bond donors (Lipinski definition) is 2. The molecule has 0 unspecified atom stereocenters. The highest BCUT2D eigenvalue weighted by molar-refractivity contribution is 5.56. The van der Waals surface area contributed by atoms with Gasteiger partial charge in [0.15, 0.2) is 5.69 Å². The van der Waals surface area contributed by atoms with Gasteiger partial charge >= 0.3 is 5.56 Å². The molecule has 0 fully saturated rings. The van der Waals surface area contributed by atoms with Gasteiger partial charge in [-0.3, -0.25) is 4.79 Å². The van der Waals surface area contributed by atoms with Crippen molar-refractivity contribution < 1.29 is 5.21 Å². The third-order valence-electron chi connectivity index (χ3n) is 2.00. The van der Waals surface area contributed by atoms with E-state index in [2.05, 4.69) is 15.0 Å². The molecule has 3 N–H and O–H groups in total. The molecule has 0 amide bonds. The highest BCUT2D eigenvalue weighted by Crippen LogP contribution is 2.14. The Kier molecular flexibility index (Phi) is 2.51. The lowest BCUT2D eigenvalue weighted by atomic mass is 10.2. The number of hydrogen-bond acceptors (Lipinski definition) is 6. The molecule has 0 radical (unpaired) electrons. The molecule has 0 aromatic rings. The zero-order valence-corrected chi connectivity index (χ0v) is 9.38. The fraction of sp³-hybridized carbons (Fsp3) is 0.200. The molecule has 0 aromatic heterocycles. The first-order valence-corrected chi connectivity index (χ1v) is 4.88. The zero-order valence-electron chi connectivity index (χ0n) is 9.38. The van der Waals surface area contributed by atoms with Crippen LogP contribution >= 0.6 is 0 Å². The number of nitrogens with zero attached hydrogens (tertiary/aromatic N) is 4. The van der Waals surface area contributed by atoms with Crippen molar-refractivity contribution in [1.29, 1.82) is 0 Å². The SMILES string of the molecule is CC(C)=Cc1cn(O)c2nc(N)nc(=O)c-2n1. The Balaban J connectivity index is 2.78. The monoisotopic (exact) mass is 233 g/mol. The topological polar surface area (TPSA) is 107 Å². The van der Waals surface area contributed by atoms with Gasteiger partial charge in [0.2, 0.25) is 11.8 Å². The lowest BCUT2D eigenvalue weighted by Gasteiger charge is -2.08. The Morgan fingerprint density at radius 1 is 1.41 bits per heavy atom. The summed E-state index contributed by atoms with van der Waals surface area (Å²) in [7, 11) is 0. The lowest BCUT2D eigenvalue weighted by molar-refractivity contribution is 0.185. The number of rotatable bonds is 1. The van der Waals surface area contributed by atoms with E-state index in [-0.39, 0.29) is 17.5 Å². The minimum absolute atomic E-state index is 0.00611. The van der Waals surface area contributed by atoms with Gasteiger partial charge in [-0.1, -0.05) is 5.57 Å². The van der Waals surface area contributed by atoms with Gasteiger partial charge in [0.25, 0.3) is 0 Å². The fourth-order valence-corrected chi connectivity index (χ4v) is 1.41. The Morgan fingerprint density at radius 2 is 2.12 bits per heavy atom. The van der Waals surface area contributed by atoms with Crippen molar-refractivity contribution >= 4 is 12.0 Å². The second kappa shape index (κ2) is 3.85. The summed E-state index contributed by atoms with van der Waals surface area (Å²) in [5.41, 5.74) is 6.13. The number of fused-ring (bicyclic) bond motifs is 1. The number of allylic oxidation sites excluding steroid dienone is 1. The molecule has 0 saturated heterocycles. The largest absolute Gasteiger partial charge is 0.427 e. The minimum Gasteiger partial charge on any atom is -0.427 e. The number of anilines is 1. The van der Waals surface area contributed by atoms with Crippen molar-refractivity contribution in [3.05, 3.63) is 27.8 Å². The summed E-state index contributed by atoms with van der Waals surface area (Å²) < 4.78 is 0.719. The summed E-state index contributed by atoms with van der Waals surface area (Å²) in [6.07, 6.45) is 3.07. The molecule has 0 aromatic carbocycles. The van der Waals surface area contributed by atoms with E-state index >= 15 is 0 Å². The van der Waals surface area contributed by atoms with E-state index in [1.807, 2.05) is 13.8 Å². The molecule has 88 valence electrons. The first-order valence-electron chi connectivity index (χ1n) is 4.88. The van der Waals surface area contributed by atoms with Crippen LogP contribution < -0.4 is 11.3 Å². The normalized spacial score (nSPS) is 10.5. The predicted molar refractivity (Wildman–Crippen MR) is 61.6 cm³/mol. The van der Waals surface area contributed by atoms with Crippen LogP contribution in [0.3, 0.4) is 0 Å². The number of nitrogen functional groups attached to an aromatic ring is 1. The average molecular weight is 233 g/mol. The van der Waals surface area contributed by atoms with Crippen LogP contribution in [-0.4, -0.2) is 24.9 Å². The van der Waals surface area contributed by atoms with E-state index in [0.717, 1.165) is 10.3 Å². The van der Waals surface area contributed by atoms with Crippen molar-refractivity contribution in [2.75, 3.05) is 5.73 Å². The molecule has 2 heterocycles. The summed E-state index contributed by atoms with van der Waals surface area (Å²) >= 11 is 0. The molecule has 17 heavy (non-hydrogen) atoms. The third-order valence-corrected chi connectivity index (χ3v) is 2.00. The zero-order chi connectivity index (χ0) is 12.6. The second-order valence-corrected chi connectivity index (χ2v) is 3.79. The molecule has 2 rings (SSSR count). The van der Waals surface area contributed by atoms with Crippen LogP contribution in [0.15, 0.2) is 16.6 Å². The number of aromatic nitrogens is 4. The van der Waals surface area contributed by atoms with Crippen LogP contribution in [0.1, 0.15) is 19.5 Å². The maximum Gasteiger partial charge on any atom is 0.302 e. The van der Waals surface area contributed by atoms with Crippen LogP contribution in [0.4, 0.5) is 5.95 Å². The summed E-state index contributed by atoms with van der Waals surface area (Å²) in [5, 5.41) is 9.68. The Morgan fingerprint density at radius 3 is 2.76 bits per heavy atom. The molecule has 2 aliphatic rings. The molecule has 7 nitrogen and oxygen atoms in total. The van der Waals surface area contributed by atoms with Gasteiger partial charge in [0.1, 0.15) is 0 Å². The molecule has 2 aliphatic heterocycles. The third kappa shape index (κ3) is 2.07. The minimum atomic E-state index is -0.612. The maximum atomic E-state index is 11.6. The molecule has 7 heteroatoms. The molecule has 0 spiro atoms. The second-order valence-electron chi connectivity index (χ2n) is 3.79. The lowest BCUT2D eigenvalue weighted by Crippen LogP contribution is -2.20. The van der Waals surface area contributed by atoms with E-state index in [1.54, 1.807) is 6.08 Å². The number of nitrogens with two attached hydrogens (primary N) is 1. The average Bonchev–Trinajstić information content (AvgIpc) is 2.19. The van der Waals surface area contributed by atoms with Crippen molar-refractivity contribution in [2.24, 2.45) is 0 Å². The molecule has 0 bridgehead atoms. The van der Waals surface area contributed by atoms with Crippen LogP contribution in [0.25, 0.3) is 17.6 Å². The van der Waals surface area contributed by atoms with E-state index in [0.29, 0.717) is 5.69 Å². The van der Waals surface area contributed by atoms with Crippen molar-refractivity contribution in [3.63, 3.8) is 0 Å². The maximum absolute atomic E-state index is 11.6. The Labute approximate surface area is 96.6 Å². The van der Waals surface area contributed by atoms with Crippen molar-refractivity contribution in [1.82, 2.24) is 19.7 Å². The van der Waals surface area contributed by atoms with Gasteiger partial charge in [0, 0.05) is 0 Å². The quantitative estimate of drug-likeness (QED) is 0.689. The highest BCUT2D eigenvalue weighted by atomic mass is 16.5. The summed E-state index contributed by atoms with van der Waals surface area (Å²) in [5.74, 6) is -0.199. The Hall–Kier alpha value is -2.44. The van der Waals surface area contributed by atoms with E-state index in [1.165, 1.54) is 6.20 Å². The van der Waals surface area contributed by atoms with Crippen LogP contribution in [0, 0.1) is 0 Å². The predicted octanol–water partition coefficient (Wildman–Crippen LogP) is 0.381. The fourth-order valence-electron chi connectivity index (χ4n) is 1.41. The van der Waals surface area contributed by atoms with Crippen LogP contribution in [0.5, 0.6) is 0 Å². The van der Waals surface area contributed by atoms with Gasteiger partial charge in [0.05, 0.1) is 11.9 Å². The summed E-state index contributed by atoms with van der Waals surface area (Å²) in [4.78, 5) is 22.8. The van der Waals surface area contributed by atoms with Gasteiger partial charge < -0.3 is 10.9 Å². The van der Waals surface area contributed by atoms with Crippen LogP contribution in [0.2, 0.25) is 0 Å². The molecule has 0 atom stereocenters. The molecular weight excluding hydrogens is 222 g/mol. The van der Waals surface area contributed by atoms with Crippen molar-refractivity contribution in [3.8, 4) is 11.5 Å². The first-order chi connectivity index (χ1) is 7.97. The highest BCUT2D eigenvalue weighted by Gasteiger charge is 2.16. The summed E-state index contributed by atoms with van der Waals surface area (Å²) in [6, 6.07) is 0. The summed E-state index contributed by atoms with van der Waals surface area (Å²) in [6.45, 7) is 3.76. The van der Waals surface area contributed by atoms with E-state index in [9.17, 15) is 10.0 Å².